The lowest BCUT2D eigenvalue weighted by Crippen LogP contribution is -2.35. The molecule has 5 heterocycles. The summed E-state index contributed by atoms with van der Waals surface area (Å²) < 4.78 is 42.0. The first kappa shape index (κ1) is 27.8. The minimum absolute atomic E-state index is 0.0207. The summed E-state index contributed by atoms with van der Waals surface area (Å²) in [7, 11) is 0. The van der Waals surface area contributed by atoms with Gasteiger partial charge in [-0.3, -0.25) is 4.90 Å². The molecule has 1 atom stereocenters. The van der Waals surface area contributed by atoms with Gasteiger partial charge in [0.25, 0.3) is 5.88 Å². The molecule has 9 nitrogen and oxygen atoms in total. The molecule has 0 amide bonds. The first-order chi connectivity index (χ1) is 20.4. The number of piperidine rings is 1. The fourth-order valence-corrected chi connectivity index (χ4v) is 5.37. The number of aromatic carboxylic acids is 1. The number of nitrogens with zero attached hydrogens (tertiary/aromatic N) is 5. The molecule has 1 N–H and O–H groups in total. The van der Waals surface area contributed by atoms with Crippen molar-refractivity contribution in [3.8, 4) is 18.2 Å². The van der Waals surface area contributed by atoms with Crippen molar-refractivity contribution in [1.82, 2.24) is 24.4 Å². The average Bonchev–Trinajstić information content (AvgIpc) is 3.31. The van der Waals surface area contributed by atoms with Crippen molar-refractivity contribution in [2.75, 3.05) is 19.7 Å². The molecule has 11 heteroatoms. The monoisotopic (exact) mass is 573 g/mol. The number of ether oxygens (including phenoxy) is 2. The minimum Gasteiger partial charge on any atom is -0.477 e. The number of likely N-dealkylation sites (tertiary alicyclic amines) is 1. The number of terminal acetylenes is 1. The van der Waals surface area contributed by atoms with Crippen molar-refractivity contribution >= 4 is 17.1 Å². The van der Waals surface area contributed by atoms with Gasteiger partial charge in [0.2, 0.25) is 0 Å². The second kappa shape index (κ2) is 11.8. The SMILES string of the molecule is C#Cc1ccc(COc2nc(C3CCN(Cc4nc5ccc(C(=O)O)nc5n4C[C@@H]4CCO4)CC3)ccc2F)c(F)c1. The molecule has 0 bridgehead atoms. The number of hydrogen-bond donors (Lipinski definition) is 1. The third kappa shape index (κ3) is 5.82. The van der Waals surface area contributed by atoms with E-state index in [1.807, 2.05) is 4.57 Å². The smallest absolute Gasteiger partial charge is 0.354 e. The van der Waals surface area contributed by atoms with E-state index in [0.717, 1.165) is 43.9 Å². The van der Waals surface area contributed by atoms with Gasteiger partial charge in [0.15, 0.2) is 17.2 Å². The lowest BCUT2D eigenvalue weighted by Gasteiger charge is -2.32. The Morgan fingerprint density at radius 3 is 2.57 bits per heavy atom. The lowest BCUT2D eigenvalue weighted by molar-refractivity contribution is -0.0593. The van der Waals surface area contributed by atoms with Gasteiger partial charge in [0.1, 0.15) is 23.8 Å². The van der Waals surface area contributed by atoms with Gasteiger partial charge >= 0.3 is 5.97 Å². The molecule has 0 spiro atoms. The Hall–Kier alpha value is -4.40. The lowest BCUT2D eigenvalue weighted by atomic mass is 9.93. The number of pyridine rings is 2. The highest BCUT2D eigenvalue weighted by Gasteiger charge is 2.27. The van der Waals surface area contributed by atoms with Crippen molar-refractivity contribution in [2.45, 2.75) is 51.0 Å². The molecule has 4 aromatic rings. The predicted molar refractivity (Wildman–Crippen MR) is 149 cm³/mol. The second-order valence-corrected chi connectivity index (χ2v) is 10.6. The number of aromatic nitrogens is 4. The van der Waals surface area contributed by atoms with Crippen molar-refractivity contribution in [1.29, 1.82) is 0 Å². The van der Waals surface area contributed by atoms with Crippen LogP contribution in [0, 0.1) is 24.0 Å². The van der Waals surface area contributed by atoms with Crippen LogP contribution in [0.15, 0.2) is 42.5 Å². The highest BCUT2D eigenvalue weighted by Crippen LogP contribution is 2.30. The van der Waals surface area contributed by atoms with E-state index in [2.05, 4.69) is 20.8 Å². The van der Waals surface area contributed by atoms with Crippen molar-refractivity contribution in [2.24, 2.45) is 0 Å². The molecule has 216 valence electrons. The highest BCUT2D eigenvalue weighted by atomic mass is 19.1. The van der Waals surface area contributed by atoms with Crippen LogP contribution in [0.4, 0.5) is 8.78 Å². The number of carboxylic acids is 1. The van der Waals surface area contributed by atoms with E-state index >= 15 is 0 Å². The molecular formula is C31H29F2N5O4. The van der Waals surface area contributed by atoms with Crippen LogP contribution in [0.3, 0.4) is 0 Å². The highest BCUT2D eigenvalue weighted by molar-refractivity contribution is 5.88. The first-order valence-corrected chi connectivity index (χ1v) is 13.9. The van der Waals surface area contributed by atoms with Gasteiger partial charge < -0.3 is 19.1 Å². The van der Waals surface area contributed by atoms with Crippen molar-refractivity contribution in [3.05, 3.63) is 82.4 Å². The molecule has 2 saturated heterocycles. The third-order valence-corrected chi connectivity index (χ3v) is 7.86. The van der Waals surface area contributed by atoms with Crippen molar-refractivity contribution in [3.63, 3.8) is 0 Å². The van der Waals surface area contributed by atoms with E-state index < -0.39 is 17.6 Å². The first-order valence-electron chi connectivity index (χ1n) is 13.9. The molecule has 6 rings (SSSR count). The average molecular weight is 574 g/mol. The fourth-order valence-electron chi connectivity index (χ4n) is 5.37. The summed E-state index contributed by atoms with van der Waals surface area (Å²) >= 11 is 0. The largest absolute Gasteiger partial charge is 0.477 e. The molecule has 0 aliphatic carbocycles. The molecule has 2 fully saturated rings. The Morgan fingerprint density at radius 2 is 1.88 bits per heavy atom. The maximum Gasteiger partial charge on any atom is 0.354 e. The van der Waals surface area contributed by atoms with Crippen LogP contribution < -0.4 is 4.74 Å². The topological polar surface area (TPSA) is 103 Å². The van der Waals surface area contributed by atoms with E-state index in [1.165, 1.54) is 24.3 Å². The van der Waals surface area contributed by atoms with E-state index in [4.69, 9.17) is 20.9 Å². The molecule has 1 aromatic carbocycles. The number of carboxylic acid groups (broad SMARTS) is 1. The van der Waals surface area contributed by atoms with Crippen LogP contribution in [0.25, 0.3) is 11.2 Å². The number of hydrogen-bond acceptors (Lipinski definition) is 7. The number of imidazole rings is 1. The van der Waals surface area contributed by atoms with Crippen LogP contribution in [-0.2, 0) is 24.4 Å². The summed E-state index contributed by atoms with van der Waals surface area (Å²) in [5.41, 5.74) is 2.59. The third-order valence-electron chi connectivity index (χ3n) is 7.86. The van der Waals surface area contributed by atoms with E-state index in [0.29, 0.717) is 36.4 Å². The molecule has 2 aliphatic rings. The van der Waals surface area contributed by atoms with Crippen LogP contribution in [-0.4, -0.2) is 61.3 Å². The summed E-state index contributed by atoms with van der Waals surface area (Å²) in [5.74, 6) is 0.941. The Bertz CT molecular complexity index is 1670. The second-order valence-electron chi connectivity index (χ2n) is 10.6. The normalized spacial score (nSPS) is 17.6. The maximum atomic E-state index is 14.5. The summed E-state index contributed by atoms with van der Waals surface area (Å²) in [6.45, 7) is 3.23. The van der Waals surface area contributed by atoms with Crippen LogP contribution in [0.2, 0.25) is 0 Å². The van der Waals surface area contributed by atoms with Crippen LogP contribution >= 0.6 is 0 Å². The van der Waals surface area contributed by atoms with Gasteiger partial charge in [0.05, 0.1) is 19.2 Å². The zero-order valence-electron chi connectivity index (χ0n) is 22.8. The molecule has 42 heavy (non-hydrogen) atoms. The molecule has 2 aliphatic heterocycles. The summed E-state index contributed by atoms with van der Waals surface area (Å²) in [6, 6.07) is 10.6. The Balaban J connectivity index is 1.12. The molecular weight excluding hydrogens is 544 g/mol. The Labute approximate surface area is 241 Å². The van der Waals surface area contributed by atoms with Gasteiger partial charge in [-0.25, -0.2) is 28.5 Å². The quantitative estimate of drug-likeness (QED) is 0.292. The van der Waals surface area contributed by atoms with E-state index in [9.17, 15) is 18.7 Å². The Kier molecular flexibility index (Phi) is 7.82. The van der Waals surface area contributed by atoms with Gasteiger partial charge in [-0.15, -0.1) is 6.42 Å². The van der Waals surface area contributed by atoms with Gasteiger partial charge in [-0.1, -0.05) is 12.0 Å². The number of rotatable bonds is 9. The standard InChI is InChI=1S/C31H29F2N5O4/c1-2-19-3-4-21(24(33)15-19)18-42-30-23(32)5-6-25(36-30)20-9-12-37(13-10-20)17-28-34-26-7-8-27(31(39)40)35-29(26)38(28)16-22-11-14-41-22/h1,3-8,15,20,22H,9-14,16-18H2,(H,39,40)/t22-/m0/s1. The number of fused-ring (bicyclic) bond motifs is 1. The summed E-state index contributed by atoms with van der Waals surface area (Å²) in [4.78, 5) is 27.4. The van der Waals surface area contributed by atoms with Crippen LogP contribution in [0.5, 0.6) is 5.88 Å². The summed E-state index contributed by atoms with van der Waals surface area (Å²) in [5, 5.41) is 9.42. The molecule has 0 saturated carbocycles. The van der Waals surface area contributed by atoms with E-state index in [-0.39, 0.29) is 35.8 Å². The van der Waals surface area contributed by atoms with Crippen molar-refractivity contribution < 1.29 is 28.2 Å². The Morgan fingerprint density at radius 1 is 1.07 bits per heavy atom. The fraction of sp³-hybridized carbons (Fsp3) is 0.355. The maximum absolute atomic E-state index is 14.5. The number of benzene rings is 1. The predicted octanol–water partition coefficient (Wildman–Crippen LogP) is 4.53. The van der Waals surface area contributed by atoms with E-state index in [1.54, 1.807) is 18.2 Å². The summed E-state index contributed by atoms with van der Waals surface area (Å²) in [6.07, 6.45) is 7.90. The van der Waals surface area contributed by atoms with Gasteiger partial charge in [-0.05, 0) is 68.8 Å². The van der Waals surface area contributed by atoms with Gasteiger partial charge in [-0.2, -0.15) is 0 Å². The number of carbonyl (C=O) groups is 1. The molecule has 3 aromatic heterocycles. The molecule has 0 unspecified atom stereocenters. The zero-order chi connectivity index (χ0) is 29.2. The van der Waals surface area contributed by atoms with Gasteiger partial charge in [0, 0.05) is 29.3 Å². The number of halogens is 2. The van der Waals surface area contributed by atoms with Crippen LogP contribution in [0.1, 0.15) is 58.3 Å². The minimum atomic E-state index is -1.08. The molecule has 0 radical (unpaired) electrons. The zero-order valence-corrected chi connectivity index (χ0v) is 22.8.